The molecule has 0 aliphatic heterocycles. The van der Waals surface area contributed by atoms with Gasteiger partial charge in [-0.2, -0.15) is 0 Å². The summed E-state index contributed by atoms with van der Waals surface area (Å²) in [7, 11) is -4.52. The van der Waals surface area contributed by atoms with E-state index in [0.717, 1.165) is 57.8 Å². The van der Waals surface area contributed by atoms with Gasteiger partial charge in [0.15, 0.2) is 0 Å². The first-order chi connectivity index (χ1) is 28.3. The summed E-state index contributed by atoms with van der Waals surface area (Å²) >= 11 is 0. The van der Waals surface area contributed by atoms with Gasteiger partial charge < -0.3 is 24.6 Å². The highest BCUT2D eigenvalue weighted by Crippen LogP contribution is 2.43. The lowest BCUT2D eigenvalue weighted by molar-refractivity contribution is -0.154. The van der Waals surface area contributed by atoms with Crippen LogP contribution in [-0.2, 0) is 27.9 Å². The molecule has 0 aromatic rings. The number of ether oxygens (including phenoxy) is 2. The average molecular weight is 845 g/mol. The zero-order valence-electron chi connectivity index (χ0n) is 37.8. The van der Waals surface area contributed by atoms with Crippen LogP contribution < -0.4 is 0 Å². The van der Waals surface area contributed by atoms with E-state index in [0.29, 0.717) is 13.0 Å². The van der Waals surface area contributed by atoms with E-state index in [1.54, 1.807) is 0 Å². The van der Waals surface area contributed by atoms with Crippen molar-refractivity contribution in [1.29, 1.82) is 0 Å². The predicted molar refractivity (Wildman–Crippen MR) is 242 cm³/mol. The van der Waals surface area contributed by atoms with Gasteiger partial charge in [0.25, 0.3) is 0 Å². The minimum Gasteiger partial charge on any atom is -0.457 e. The van der Waals surface area contributed by atoms with Gasteiger partial charge in [0.05, 0.1) is 26.4 Å². The summed E-state index contributed by atoms with van der Waals surface area (Å²) in [5.74, 6) is -0.392. The number of carbonyl (C=O) groups excluding carboxylic acids is 1. The van der Waals surface area contributed by atoms with Crippen LogP contribution in [0.15, 0.2) is 24.3 Å². The fourth-order valence-electron chi connectivity index (χ4n) is 6.90. The molecule has 0 aromatic carbocycles. The average Bonchev–Trinajstić information content (AvgIpc) is 3.21. The number of allylic oxidation sites excluding steroid dienone is 4. The van der Waals surface area contributed by atoms with E-state index in [2.05, 4.69) is 38.2 Å². The molecule has 0 spiro atoms. The molecule has 0 saturated carbocycles. The summed E-state index contributed by atoms with van der Waals surface area (Å²) in [6, 6.07) is 0. The van der Waals surface area contributed by atoms with Crippen molar-refractivity contribution in [2.24, 2.45) is 0 Å². The molecule has 0 aliphatic rings. The monoisotopic (exact) mass is 845 g/mol. The van der Waals surface area contributed by atoms with Crippen LogP contribution >= 0.6 is 7.82 Å². The van der Waals surface area contributed by atoms with Crippen LogP contribution in [0.3, 0.4) is 0 Å². The number of aliphatic hydroxyl groups excluding tert-OH is 2. The third-order valence-corrected chi connectivity index (χ3v) is 11.6. The van der Waals surface area contributed by atoms with Gasteiger partial charge in [-0.3, -0.25) is 13.8 Å². The summed E-state index contributed by atoms with van der Waals surface area (Å²) < 4.78 is 33.4. The Balaban J connectivity index is 4.02. The molecule has 0 saturated heterocycles. The van der Waals surface area contributed by atoms with E-state index < -0.39 is 39.2 Å². The largest absolute Gasteiger partial charge is 0.472 e. The third kappa shape index (κ3) is 44.5. The highest BCUT2D eigenvalue weighted by molar-refractivity contribution is 7.47. The second kappa shape index (κ2) is 45.5. The second-order valence-electron chi connectivity index (χ2n) is 16.5. The minimum atomic E-state index is -4.52. The van der Waals surface area contributed by atoms with Crippen molar-refractivity contribution in [2.45, 2.75) is 244 Å². The third-order valence-electron chi connectivity index (χ3n) is 10.6. The molecule has 0 aromatic heterocycles. The van der Waals surface area contributed by atoms with Gasteiger partial charge in [0.1, 0.15) is 12.2 Å². The van der Waals surface area contributed by atoms with Crippen LogP contribution in [0, 0.1) is 0 Å². The van der Waals surface area contributed by atoms with E-state index in [9.17, 15) is 19.4 Å². The van der Waals surface area contributed by atoms with Gasteiger partial charge in [0.2, 0.25) is 0 Å². The highest BCUT2D eigenvalue weighted by Gasteiger charge is 2.26. The summed E-state index contributed by atoms with van der Waals surface area (Å²) in [6.07, 6.45) is 48.6. The molecule has 3 N–H and O–H groups in total. The minimum absolute atomic E-state index is 0.0480. The Kier molecular flexibility index (Phi) is 44.6. The lowest BCUT2D eigenvalue weighted by Crippen LogP contribution is -2.29. The van der Waals surface area contributed by atoms with E-state index >= 15 is 0 Å². The van der Waals surface area contributed by atoms with Crippen LogP contribution in [0.1, 0.15) is 232 Å². The normalized spacial score (nSPS) is 14.1. The standard InChI is InChI=1S/C48H93O9P/c1-3-5-7-9-11-13-15-17-19-20-21-22-23-24-25-26-27-29-31-33-35-37-39-41-54-44-47(45-56-58(52,53)55-43-46(50)42-49)57-48(51)40-38-36-34-32-30-28-18-16-14-12-10-8-6-4-2/h10,12,16,18,46-47,49-50H,3-9,11,13-15,17,19-45H2,1-2H3,(H,52,53)/b12-10-,18-16-. The van der Waals surface area contributed by atoms with Crippen LogP contribution in [-0.4, -0.2) is 66.3 Å². The number of carbonyl (C=O) groups is 1. The first kappa shape index (κ1) is 56.9. The van der Waals surface area contributed by atoms with Gasteiger partial charge in [-0.05, 0) is 38.5 Å². The fraction of sp³-hybridized carbons (Fsp3) is 0.896. The number of hydrogen-bond acceptors (Lipinski definition) is 8. The summed E-state index contributed by atoms with van der Waals surface area (Å²) in [4.78, 5) is 22.6. The van der Waals surface area contributed by atoms with Crippen molar-refractivity contribution in [3.63, 3.8) is 0 Å². The second-order valence-corrected chi connectivity index (χ2v) is 17.9. The molecule has 0 bridgehead atoms. The molecule has 344 valence electrons. The number of hydrogen-bond donors (Lipinski definition) is 3. The van der Waals surface area contributed by atoms with Gasteiger partial charge in [-0.1, -0.05) is 212 Å². The van der Waals surface area contributed by atoms with E-state index in [1.807, 2.05) is 0 Å². The maximum absolute atomic E-state index is 12.6. The summed E-state index contributed by atoms with van der Waals surface area (Å²) in [5.41, 5.74) is 0. The van der Waals surface area contributed by atoms with Crippen molar-refractivity contribution < 1.29 is 43.0 Å². The fourth-order valence-corrected chi connectivity index (χ4v) is 7.69. The number of phosphoric acid groups is 1. The Bertz CT molecular complexity index is 959. The Morgan fingerprint density at radius 2 is 0.948 bits per heavy atom. The van der Waals surface area contributed by atoms with Crippen LogP contribution in [0.5, 0.6) is 0 Å². The smallest absolute Gasteiger partial charge is 0.457 e. The van der Waals surface area contributed by atoms with Crippen molar-refractivity contribution in [2.75, 3.05) is 33.0 Å². The van der Waals surface area contributed by atoms with Crippen molar-refractivity contribution in [3.8, 4) is 0 Å². The molecule has 3 unspecified atom stereocenters. The Labute approximate surface area is 357 Å². The molecule has 0 amide bonds. The number of aliphatic hydroxyl groups is 2. The molecule has 0 rings (SSSR count). The summed E-state index contributed by atoms with van der Waals surface area (Å²) in [5, 5.41) is 18.4. The Hall–Kier alpha value is -1.06. The molecule has 0 heterocycles. The van der Waals surface area contributed by atoms with Crippen LogP contribution in [0.4, 0.5) is 0 Å². The zero-order valence-corrected chi connectivity index (χ0v) is 38.7. The van der Waals surface area contributed by atoms with Gasteiger partial charge in [-0.25, -0.2) is 4.57 Å². The molecule has 0 aliphatic carbocycles. The van der Waals surface area contributed by atoms with Crippen LogP contribution in [0.25, 0.3) is 0 Å². The zero-order chi connectivity index (χ0) is 42.5. The molecule has 10 heteroatoms. The maximum Gasteiger partial charge on any atom is 0.472 e. The number of unbranched alkanes of at least 4 members (excludes halogenated alkanes) is 29. The number of rotatable bonds is 47. The molecule has 58 heavy (non-hydrogen) atoms. The lowest BCUT2D eigenvalue weighted by Gasteiger charge is -2.20. The Morgan fingerprint density at radius 1 is 0.534 bits per heavy atom. The SMILES string of the molecule is CCCC/C=C\C/C=C\CCCCCCCC(=O)OC(COCCCCCCCCCCCCCCCCCCCCCCCCC)COP(=O)(O)OCC(O)CO. The van der Waals surface area contributed by atoms with Gasteiger partial charge in [0, 0.05) is 13.0 Å². The molecule has 9 nitrogen and oxygen atoms in total. The lowest BCUT2D eigenvalue weighted by atomic mass is 10.0. The maximum atomic E-state index is 12.6. The van der Waals surface area contributed by atoms with E-state index in [-0.39, 0.29) is 19.6 Å². The number of esters is 1. The molecular weight excluding hydrogens is 751 g/mol. The predicted octanol–water partition coefficient (Wildman–Crippen LogP) is 13.8. The molecule has 3 atom stereocenters. The summed E-state index contributed by atoms with van der Waals surface area (Å²) in [6.45, 7) is 3.50. The van der Waals surface area contributed by atoms with Crippen molar-refractivity contribution in [1.82, 2.24) is 0 Å². The van der Waals surface area contributed by atoms with Crippen LogP contribution in [0.2, 0.25) is 0 Å². The van der Waals surface area contributed by atoms with Gasteiger partial charge in [-0.15, -0.1) is 0 Å². The highest BCUT2D eigenvalue weighted by atomic mass is 31.2. The molecule has 0 radical (unpaired) electrons. The topological polar surface area (TPSA) is 132 Å². The van der Waals surface area contributed by atoms with E-state index in [1.165, 1.54) is 148 Å². The molecular formula is C48H93O9P. The van der Waals surface area contributed by atoms with Crippen molar-refractivity contribution >= 4 is 13.8 Å². The Morgan fingerprint density at radius 3 is 1.43 bits per heavy atom. The quantitative estimate of drug-likeness (QED) is 0.0237. The van der Waals surface area contributed by atoms with Crippen molar-refractivity contribution in [3.05, 3.63) is 24.3 Å². The van der Waals surface area contributed by atoms with E-state index in [4.69, 9.17) is 23.6 Å². The number of phosphoric ester groups is 1. The molecule has 0 fully saturated rings. The first-order valence-corrected chi connectivity index (χ1v) is 25.8. The van der Waals surface area contributed by atoms with Gasteiger partial charge >= 0.3 is 13.8 Å². The first-order valence-electron chi connectivity index (χ1n) is 24.3.